The number of aromatic nitrogens is 7. The van der Waals surface area contributed by atoms with Crippen molar-refractivity contribution in [3.63, 3.8) is 0 Å². The number of nitrogens with zero attached hydrogens (tertiary/aromatic N) is 7. The van der Waals surface area contributed by atoms with E-state index in [0.717, 1.165) is 20.8 Å². The van der Waals surface area contributed by atoms with Crippen LogP contribution < -0.4 is 0 Å². The Labute approximate surface area is 286 Å². The summed E-state index contributed by atoms with van der Waals surface area (Å²) in [6, 6.07) is 18.7. The van der Waals surface area contributed by atoms with Crippen molar-refractivity contribution in [2.24, 2.45) is 0 Å². The molecule has 0 spiro atoms. The zero-order chi connectivity index (χ0) is 33.6. The molecule has 5 heterocycles. The zero-order valence-corrected chi connectivity index (χ0v) is 27.2. The van der Waals surface area contributed by atoms with Crippen LogP contribution in [0.3, 0.4) is 0 Å². The van der Waals surface area contributed by atoms with E-state index in [4.69, 9.17) is 30.5 Å². The summed E-state index contributed by atoms with van der Waals surface area (Å²) in [5.41, 5.74) is 3.15. The minimum absolute atomic E-state index is 0.0234. The third kappa shape index (κ3) is 6.09. The largest absolute Gasteiger partial charge is 0.480 e. The lowest BCUT2D eigenvalue weighted by Gasteiger charge is -2.48. The van der Waals surface area contributed by atoms with Gasteiger partial charge < -0.3 is 24.1 Å². The van der Waals surface area contributed by atoms with Gasteiger partial charge in [-0.05, 0) is 37.3 Å². The summed E-state index contributed by atoms with van der Waals surface area (Å²) in [4.78, 5) is 21.1. The maximum atomic E-state index is 14.4. The van der Waals surface area contributed by atoms with Crippen molar-refractivity contribution in [1.82, 2.24) is 34.7 Å². The molecule has 3 aromatic carbocycles. The summed E-state index contributed by atoms with van der Waals surface area (Å²) in [5.74, 6) is -1.42. The average molecular weight is 704 g/mol. The molecule has 3 aromatic heterocycles. The summed E-state index contributed by atoms with van der Waals surface area (Å²) in [7, 11) is 0. The number of halogens is 2. The van der Waals surface area contributed by atoms with Crippen LogP contribution in [0, 0.1) is 12.7 Å². The van der Waals surface area contributed by atoms with Crippen LogP contribution in [0.4, 0.5) is 4.39 Å². The Balaban J connectivity index is 1.23. The number of thiazole rings is 1. The van der Waals surface area contributed by atoms with Crippen molar-refractivity contribution in [2.75, 3.05) is 13.2 Å². The second-order valence-corrected chi connectivity index (χ2v) is 13.2. The standard InChI is InChI=1S/C33H27ClFN7O6S/c1-17-38-23-10-8-20(12-26(23)49-17)42-32(36-16-37-42)31-30(45-15-27(43)44)28(41-13-24(39-40-41)19-7-9-21(34)22(35)11-19)29-25(47-31)14-46-33(48-29)18-5-3-2-4-6-18/h2-13,16,25,28-31,33H,14-15H2,1H3,(H,43,44)/t25-,28+,29+,30-,31-,33?/m1/s1. The fraction of sp³-hybridized carbons (Fsp3) is 0.273. The number of hydrogen-bond acceptors (Lipinski definition) is 11. The lowest BCUT2D eigenvalue weighted by molar-refractivity contribution is -0.322. The minimum Gasteiger partial charge on any atom is -0.480 e. The number of carbonyl (C=O) groups is 1. The predicted molar refractivity (Wildman–Crippen MR) is 174 cm³/mol. The molecule has 2 fully saturated rings. The van der Waals surface area contributed by atoms with Gasteiger partial charge in [-0.3, -0.25) is 0 Å². The van der Waals surface area contributed by atoms with Gasteiger partial charge in [0.05, 0.1) is 38.7 Å². The van der Waals surface area contributed by atoms with Gasteiger partial charge in [-0.2, -0.15) is 5.10 Å². The number of carboxylic acid groups (broad SMARTS) is 1. The van der Waals surface area contributed by atoms with Crippen LogP contribution >= 0.6 is 22.9 Å². The number of aliphatic carboxylic acids is 1. The van der Waals surface area contributed by atoms with Crippen molar-refractivity contribution in [2.45, 2.75) is 43.7 Å². The zero-order valence-electron chi connectivity index (χ0n) is 25.7. The molecule has 2 aliphatic rings. The number of hydrogen-bond donors (Lipinski definition) is 1. The predicted octanol–water partition coefficient (Wildman–Crippen LogP) is 5.50. The first-order valence-electron chi connectivity index (χ1n) is 15.3. The molecular formula is C33H27ClFN7O6S. The number of rotatable bonds is 8. The van der Waals surface area contributed by atoms with Gasteiger partial charge in [-0.15, -0.1) is 16.4 Å². The van der Waals surface area contributed by atoms with Crippen LogP contribution in [0.15, 0.2) is 79.3 Å². The van der Waals surface area contributed by atoms with Gasteiger partial charge in [-0.25, -0.2) is 28.5 Å². The fourth-order valence-electron chi connectivity index (χ4n) is 6.26. The Morgan fingerprint density at radius 2 is 2.00 bits per heavy atom. The molecule has 2 aliphatic heterocycles. The lowest BCUT2D eigenvalue weighted by Crippen LogP contribution is -2.57. The molecule has 0 radical (unpaired) electrons. The van der Waals surface area contributed by atoms with Crippen molar-refractivity contribution in [3.8, 4) is 16.9 Å². The van der Waals surface area contributed by atoms with Crippen LogP contribution in [0.2, 0.25) is 5.02 Å². The smallest absolute Gasteiger partial charge is 0.329 e. The first kappa shape index (κ1) is 31.6. The fourth-order valence-corrected chi connectivity index (χ4v) is 7.23. The van der Waals surface area contributed by atoms with Crippen LogP contribution in [0.1, 0.15) is 34.8 Å². The second kappa shape index (κ2) is 13.0. The monoisotopic (exact) mass is 703 g/mol. The first-order valence-corrected chi connectivity index (χ1v) is 16.5. The maximum absolute atomic E-state index is 14.4. The number of carboxylic acids is 1. The molecule has 1 unspecified atom stereocenters. The van der Waals surface area contributed by atoms with E-state index in [0.29, 0.717) is 22.8 Å². The number of ether oxygens (including phenoxy) is 4. The van der Waals surface area contributed by atoms with Crippen molar-refractivity contribution < 1.29 is 33.2 Å². The maximum Gasteiger partial charge on any atom is 0.329 e. The second-order valence-electron chi connectivity index (χ2n) is 11.6. The molecule has 16 heteroatoms. The van der Waals surface area contributed by atoms with E-state index < -0.39 is 55.1 Å². The molecule has 0 aliphatic carbocycles. The van der Waals surface area contributed by atoms with Crippen LogP contribution in [-0.2, 0) is 23.7 Å². The molecule has 1 N–H and O–H groups in total. The van der Waals surface area contributed by atoms with Gasteiger partial charge in [0, 0.05) is 11.1 Å². The molecule has 250 valence electrons. The number of fused-ring (bicyclic) bond motifs is 2. The molecule has 49 heavy (non-hydrogen) atoms. The Hall–Kier alpha value is -4.64. The number of benzene rings is 3. The van der Waals surface area contributed by atoms with Gasteiger partial charge in [0.1, 0.15) is 54.9 Å². The average Bonchev–Trinajstić information content (AvgIpc) is 3.87. The third-order valence-corrected chi connectivity index (χ3v) is 9.65. The minimum atomic E-state index is -1.18. The van der Waals surface area contributed by atoms with E-state index in [1.165, 1.54) is 18.5 Å². The van der Waals surface area contributed by atoms with E-state index in [9.17, 15) is 14.3 Å². The van der Waals surface area contributed by atoms with Gasteiger partial charge >= 0.3 is 5.97 Å². The summed E-state index contributed by atoms with van der Waals surface area (Å²) in [5, 5.41) is 23.9. The molecule has 6 atom stereocenters. The number of aryl methyl sites for hydroxylation is 1. The van der Waals surface area contributed by atoms with Gasteiger partial charge in [0.25, 0.3) is 0 Å². The lowest BCUT2D eigenvalue weighted by atomic mass is 9.90. The van der Waals surface area contributed by atoms with Gasteiger partial charge in [-0.1, -0.05) is 53.2 Å². The Morgan fingerprint density at radius 1 is 1.14 bits per heavy atom. The summed E-state index contributed by atoms with van der Waals surface area (Å²) in [6.07, 6.45) is -1.13. The highest BCUT2D eigenvalue weighted by Crippen LogP contribution is 2.45. The summed E-state index contributed by atoms with van der Waals surface area (Å²) < 4.78 is 44.1. The van der Waals surface area contributed by atoms with Gasteiger partial charge in [0.15, 0.2) is 12.1 Å². The molecule has 2 saturated heterocycles. The van der Waals surface area contributed by atoms with Gasteiger partial charge in [0.2, 0.25) is 0 Å². The van der Waals surface area contributed by atoms with Crippen LogP contribution in [-0.4, -0.2) is 77.3 Å². The Morgan fingerprint density at radius 3 is 2.82 bits per heavy atom. The molecule has 8 rings (SSSR count). The highest BCUT2D eigenvalue weighted by molar-refractivity contribution is 7.18. The van der Waals surface area contributed by atoms with Crippen LogP contribution in [0.5, 0.6) is 0 Å². The van der Waals surface area contributed by atoms with E-state index in [2.05, 4.69) is 25.4 Å². The van der Waals surface area contributed by atoms with E-state index >= 15 is 0 Å². The summed E-state index contributed by atoms with van der Waals surface area (Å²) in [6.45, 7) is 1.42. The Kier molecular flexibility index (Phi) is 8.39. The van der Waals surface area contributed by atoms with Crippen molar-refractivity contribution in [1.29, 1.82) is 0 Å². The van der Waals surface area contributed by atoms with E-state index in [1.54, 1.807) is 33.0 Å². The molecule has 6 aromatic rings. The topological polar surface area (TPSA) is 149 Å². The van der Waals surface area contributed by atoms with E-state index in [1.807, 2.05) is 55.5 Å². The first-order chi connectivity index (χ1) is 23.8. The molecule has 0 saturated carbocycles. The van der Waals surface area contributed by atoms with Crippen LogP contribution in [0.25, 0.3) is 27.2 Å². The highest BCUT2D eigenvalue weighted by atomic mass is 35.5. The highest BCUT2D eigenvalue weighted by Gasteiger charge is 2.53. The molecular weight excluding hydrogens is 677 g/mol. The molecule has 0 bridgehead atoms. The third-order valence-electron chi connectivity index (χ3n) is 8.41. The van der Waals surface area contributed by atoms with Crippen molar-refractivity contribution >= 4 is 39.1 Å². The molecule has 0 amide bonds. The van der Waals surface area contributed by atoms with E-state index in [-0.39, 0.29) is 11.6 Å². The Bertz CT molecular complexity index is 2140. The van der Waals surface area contributed by atoms with Crippen molar-refractivity contribution in [3.05, 3.63) is 106 Å². The quantitative estimate of drug-likeness (QED) is 0.214. The normalized spacial score (nSPS) is 23.8. The molecule has 13 nitrogen and oxygen atoms in total. The SMILES string of the molecule is Cc1nc2ccc(-n3ncnc3[C@@H]3O[C@@H]4COC(c5ccccc5)O[C@@H]4[C@H](n4cc(-c5ccc(Cl)c(F)c5)nn4)[C@H]3OCC(=O)O)cc2s1. The summed E-state index contributed by atoms with van der Waals surface area (Å²) >= 11 is 7.48.